The van der Waals surface area contributed by atoms with Gasteiger partial charge in [0.15, 0.2) is 0 Å². The van der Waals surface area contributed by atoms with Crippen molar-refractivity contribution >= 4 is 11.3 Å². The van der Waals surface area contributed by atoms with E-state index >= 15 is 0 Å². The molecule has 0 spiro atoms. The highest BCUT2D eigenvalue weighted by Crippen LogP contribution is 2.37. The minimum Gasteiger partial charge on any atom is -0.396 e. The maximum absolute atomic E-state index is 10.8. The van der Waals surface area contributed by atoms with Crippen LogP contribution >= 0.6 is 0 Å². The van der Waals surface area contributed by atoms with Crippen LogP contribution in [0.1, 0.15) is 37.4 Å². The van der Waals surface area contributed by atoms with Crippen LogP contribution in [0, 0.1) is 5.41 Å². The average Bonchev–Trinajstić information content (AvgIpc) is 3.18. The molecule has 2 N–H and O–H groups in total. The molecule has 2 aromatic heterocycles. The number of nitrogens with zero attached hydrogens (tertiary/aromatic N) is 5. The molecule has 148 valence electrons. The van der Waals surface area contributed by atoms with E-state index in [9.17, 15) is 10.2 Å². The molecule has 7 heteroatoms. The molecule has 0 unspecified atom stereocenters. The van der Waals surface area contributed by atoms with Gasteiger partial charge in [0.2, 0.25) is 5.65 Å². The standard InChI is InChI=1S/C21H27N5O2/c1-15(2)17-10-18(20-23-22-14-26(20)24-17)25-9-8-19(28)21(12-25,13-27)11-16-6-4-3-5-7-16/h3-7,10,14-15,19,27-28H,8-9,11-13H2,1-2H3/t19-,21+/m1/s1. The van der Waals surface area contributed by atoms with Gasteiger partial charge in [0.05, 0.1) is 24.1 Å². The molecule has 0 saturated carbocycles. The van der Waals surface area contributed by atoms with Crippen LogP contribution in [0.4, 0.5) is 5.69 Å². The van der Waals surface area contributed by atoms with Crippen molar-refractivity contribution in [2.24, 2.45) is 5.41 Å². The number of aliphatic hydroxyl groups excluding tert-OH is 2. The van der Waals surface area contributed by atoms with Gasteiger partial charge in [0.1, 0.15) is 6.33 Å². The summed E-state index contributed by atoms with van der Waals surface area (Å²) in [7, 11) is 0. The predicted octanol–water partition coefficient (Wildman–Crippen LogP) is 2.04. The van der Waals surface area contributed by atoms with Gasteiger partial charge in [-0.25, -0.2) is 0 Å². The molecule has 0 aliphatic carbocycles. The van der Waals surface area contributed by atoms with E-state index in [4.69, 9.17) is 0 Å². The fourth-order valence-electron chi connectivity index (χ4n) is 4.09. The number of aliphatic hydroxyl groups is 2. The largest absolute Gasteiger partial charge is 0.396 e. The summed E-state index contributed by atoms with van der Waals surface area (Å²) in [6.45, 7) is 5.38. The Kier molecular flexibility index (Phi) is 5.03. The van der Waals surface area contributed by atoms with Gasteiger partial charge < -0.3 is 15.1 Å². The smallest absolute Gasteiger partial charge is 0.200 e. The number of hydrogen-bond donors (Lipinski definition) is 2. The Labute approximate surface area is 164 Å². The average molecular weight is 381 g/mol. The Balaban J connectivity index is 1.71. The van der Waals surface area contributed by atoms with Crippen molar-refractivity contribution in [1.82, 2.24) is 19.8 Å². The Morgan fingerprint density at radius 1 is 1.25 bits per heavy atom. The number of hydrogen-bond acceptors (Lipinski definition) is 6. The van der Waals surface area contributed by atoms with E-state index in [0.29, 0.717) is 31.6 Å². The van der Waals surface area contributed by atoms with Gasteiger partial charge in [-0.1, -0.05) is 44.2 Å². The summed E-state index contributed by atoms with van der Waals surface area (Å²) in [6.07, 6.45) is 2.27. The molecule has 1 aliphatic rings. The molecular formula is C21H27N5O2. The first-order valence-electron chi connectivity index (χ1n) is 9.81. The molecule has 1 aliphatic heterocycles. The first kappa shape index (κ1) is 18.8. The van der Waals surface area contributed by atoms with E-state index in [1.165, 1.54) is 0 Å². The van der Waals surface area contributed by atoms with Crippen LogP contribution in [0.2, 0.25) is 0 Å². The Morgan fingerprint density at radius 2 is 2.04 bits per heavy atom. The maximum atomic E-state index is 10.8. The number of anilines is 1. The van der Waals surface area contributed by atoms with Crippen LogP contribution in [0.5, 0.6) is 0 Å². The Hall–Kier alpha value is -2.51. The molecule has 0 amide bonds. The minimum atomic E-state index is -0.627. The fourth-order valence-corrected chi connectivity index (χ4v) is 4.09. The number of fused-ring (bicyclic) bond motifs is 1. The van der Waals surface area contributed by atoms with Gasteiger partial charge in [-0.05, 0) is 30.4 Å². The zero-order valence-corrected chi connectivity index (χ0v) is 16.4. The molecular weight excluding hydrogens is 354 g/mol. The molecule has 4 rings (SSSR count). The van der Waals surface area contributed by atoms with Gasteiger partial charge in [0.25, 0.3) is 0 Å². The van der Waals surface area contributed by atoms with E-state index in [0.717, 1.165) is 16.9 Å². The molecule has 3 aromatic rings. The second kappa shape index (κ2) is 7.48. The maximum Gasteiger partial charge on any atom is 0.200 e. The summed E-state index contributed by atoms with van der Waals surface area (Å²) in [6, 6.07) is 12.1. The fraction of sp³-hybridized carbons (Fsp3) is 0.476. The third-order valence-corrected chi connectivity index (χ3v) is 5.80. The van der Waals surface area contributed by atoms with Crippen molar-refractivity contribution in [2.45, 2.75) is 38.7 Å². The van der Waals surface area contributed by atoms with Crippen LogP contribution in [0.25, 0.3) is 5.65 Å². The normalized spacial score (nSPS) is 22.9. The van der Waals surface area contributed by atoms with E-state index < -0.39 is 11.5 Å². The summed E-state index contributed by atoms with van der Waals surface area (Å²) in [5.41, 5.74) is 3.10. The topological polar surface area (TPSA) is 86.8 Å². The highest BCUT2D eigenvalue weighted by Gasteiger charge is 2.43. The van der Waals surface area contributed by atoms with Crippen LogP contribution < -0.4 is 4.90 Å². The lowest BCUT2D eigenvalue weighted by Gasteiger charge is -2.46. The third-order valence-electron chi connectivity index (χ3n) is 5.80. The molecule has 3 heterocycles. The first-order valence-corrected chi connectivity index (χ1v) is 9.81. The summed E-state index contributed by atoms with van der Waals surface area (Å²) in [5.74, 6) is 0.271. The summed E-state index contributed by atoms with van der Waals surface area (Å²) >= 11 is 0. The van der Waals surface area contributed by atoms with Crippen LogP contribution in [0.15, 0.2) is 42.7 Å². The summed E-state index contributed by atoms with van der Waals surface area (Å²) in [5, 5.41) is 34.0. The van der Waals surface area contributed by atoms with Gasteiger partial charge in [-0.15, -0.1) is 10.2 Å². The molecule has 28 heavy (non-hydrogen) atoms. The van der Waals surface area contributed by atoms with Crippen LogP contribution in [0.3, 0.4) is 0 Å². The number of aromatic nitrogens is 4. The predicted molar refractivity (Wildman–Crippen MR) is 107 cm³/mol. The highest BCUT2D eigenvalue weighted by atomic mass is 16.3. The quantitative estimate of drug-likeness (QED) is 0.703. The Morgan fingerprint density at radius 3 is 2.75 bits per heavy atom. The number of piperidine rings is 1. The third kappa shape index (κ3) is 3.36. The van der Waals surface area contributed by atoms with Crippen molar-refractivity contribution in [3.05, 3.63) is 54.0 Å². The highest BCUT2D eigenvalue weighted by molar-refractivity contribution is 5.68. The van der Waals surface area contributed by atoms with Crippen molar-refractivity contribution in [2.75, 3.05) is 24.6 Å². The van der Waals surface area contributed by atoms with Gasteiger partial charge in [-0.2, -0.15) is 9.61 Å². The summed E-state index contributed by atoms with van der Waals surface area (Å²) in [4.78, 5) is 2.21. The molecule has 0 bridgehead atoms. The minimum absolute atomic E-state index is 0.0787. The zero-order chi connectivity index (χ0) is 19.7. The van der Waals surface area contributed by atoms with Crippen LogP contribution in [-0.2, 0) is 6.42 Å². The molecule has 2 atom stereocenters. The number of rotatable bonds is 5. The van der Waals surface area contributed by atoms with Gasteiger partial charge >= 0.3 is 0 Å². The Bertz CT molecular complexity index is 942. The van der Waals surface area contributed by atoms with Crippen molar-refractivity contribution in [3.8, 4) is 0 Å². The van der Waals surface area contributed by atoms with Crippen molar-refractivity contribution in [3.63, 3.8) is 0 Å². The molecule has 0 radical (unpaired) electrons. The van der Waals surface area contributed by atoms with Crippen LogP contribution in [-0.4, -0.2) is 55.8 Å². The lowest BCUT2D eigenvalue weighted by Crippen LogP contribution is -2.55. The SMILES string of the molecule is CC(C)c1cc(N2CC[C@@H](O)[C@@](CO)(Cc3ccccc3)C2)c2nncn2n1. The lowest BCUT2D eigenvalue weighted by atomic mass is 9.73. The van der Waals surface area contributed by atoms with Gasteiger partial charge in [-0.3, -0.25) is 0 Å². The lowest BCUT2D eigenvalue weighted by molar-refractivity contribution is -0.0290. The monoisotopic (exact) mass is 381 g/mol. The second-order valence-corrected chi connectivity index (χ2v) is 8.12. The number of benzene rings is 1. The van der Waals surface area contributed by atoms with Gasteiger partial charge in [0, 0.05) is 18.5 Å². The first-order chi connectivity index (χ1) is 13.5. The molecule has 1 saturated heterocycles. The molecule has 7 nitrogen and oxygen atoms in total. The van der Waals surface area contributed by atoms with E-state index in [2.05, 4.69) is 40.1 Å². The van der Waals surface area contributed by atoms with Crippen molar-refractivity contribution in [1.29, 1.82) is 0 Å². The molecule has 1 fully saturated rings. The zero-order valence-electron chi connectivity index (χ0n) is 16.4. The summed E-state index contributed by atoms with van der Waals surface area (Å²) < 4.78 is 1.72. The van der Waals surface area contributed by atoms with Crippen molar-refractivity contribution < 1.29 is 10.2 Å². The van der Waals surface area contributed by atoms with E-state index in [-0.39, 0.29) is 12.5 Å². The van der Waals surface area contributed by atoms with E-state index in [1.54, 1.807) is 10.8 Å². The molecule has 1 aromatic carbocycles. The second-order valence-electron chi connectivity index (χ2n) is 8.12. The van der Waals surface area contributed by atoms with E-state index in [1.807, 2.05) is 30.3 Å².